The average Bonchev–Trinajstić information content (AvgIpc) is 2.44. The van der Waals surface area contributed by atoms with Crippen LogP contribution in [0.15, 0.2) is 22.7 Å². The number of halogens is 1. The molecule has 0 bridgehead atoms. The maximum atomic E-state index is 9.99. The first-order chi connectivity index (χ1) is 9.20. The van der Waals surface area contributed by atoms with Crippen LogP contribution in [0, 0.1) is 5.92 Å². The number of hydrogen-bond donors (Lipinski definition) is 2. The molecule has 1 saturated heterocycles. The van der Waals surface area contributed by atoms with Gasteiger partial charge in [0.15, 0.2) is 0 Å². The van der Waals surface area contributed by atoms with E-state index in [9.17, 15) is 5.11 Å². The molecule has 2 N–H and O–H groups in total. The van der Waals surface area contributed by atoms with Gasteiger partial charge in [0.05, 0.1) is 6.61 Å². The largest absolute Gasteiger partial charge is 0.508 e. The van der Waals surface area contributed by atoms with Crippen molar-refractivity contribution >= 4 is 15.9 Å². The van der Waals surface area contributed by atoms with E-state index in [-0.39, 0.29) is 6.04 Å². The number of nitrogens with one attached hydrogen (secondary N) is 1. The van der Waals surface area contributed by atoms with E-state index >= 15 is 0 Å². The molecule has 1 aromatic rings. The SMILES string of the molecule is CCC(NCC1CCCOC1)c1cc(Br)ccc1O. The first-order valence-electron chi connectivity index (χ1n) is 7.00. The van der Waals surface area contributed by atoms with E-state index < -0.39 is 0 Å². The third kappa shape index (κ3) is 4.20. The molecule has 3 nitrogen and oxygen atoms in total. The molecule has 0 spiro atoms. The molecule has 0 aromatic heterocycles. The predicted molar refractivity (Wildman–Crippen MR) is 80.4 cm³/mol. The first kappa shape index (κ1) is 14.8. The number of aromatic hydroxyl groups is 1. The van der Waals surface area contributed by atoms with Crippen LogP contribution in [0.5, 0.6) is 5.75 Å². The minimum absolute atomic E-state index is 0.194. The molecule has 0 aliphatic carbocycles. The second-order valence-corrected chi connectivity index (χ2v) is 6.07. The molecule has 19 heavy (non-hydrogen) atoms. The molecule has 2 unspecified atom stereocenters. The smallest absolute Gasteiger partial charge is 0.120 e. The number of hydrogen-bond acceptors (Lipinski definition) is 3. The summed E-state index contributed by atoms with van der Waals surface area (Å²) in [6.45, 7) is 4.84. The van der Waals surface area contributed by atoms with E-state index in [1.165, 1.54) is 6.42 Å². The van der Waals surface area contributed by atoms with Gasteiger partial charge in [0.2, 0.25) is 0 Å². The van der Waals surface area contributed by atoms with Crippen molar-refractivity contribution in [3.05, 3.63) is 28.2 Å². The fourth-order valence-corrected chi connectivity index (χ4v) is 2.93. The normalized spacial score (nSPS) is 21.3. The van der Waals surface area contributed by atoms with Crippen molar-refractivity contribution < 1.29 is 9.84 Å². The minimum Gasteiger partial charge on any atom is -0.508 e. The molecule has 2 rings (SSSR count). The summed E-state index contributed by atoms with van der Waals surface area (Å²) >= 11 is 3.46. The molecule has 2 atom stereocenters. The number of ether oxygens (including phenoxy) is 1. The third-order valence-electron chi connectivity index (χ3n) is 3.68. The summed E-state index contributed by atoms with van der Waals surface area (Å²) in [6.07, 6.45) is 3.34. The van der Waals surface area contributed by atoms with Gasteiger partial charge < -0.3 is 15.2 Å². The quantitative estimate of drug-likeness (QED) is 0.867. The van der Waals surface area contributed by atoms with Crippen molar-refractivity contribution in [3.63, 3.8) is 0 Å². The molecule has 4 heteroatoms. The van der Waals surface area contributed by atoms with E-state index in [2.05, 4.69) is 28.2 Å². The molecule has 106 valence electrons. The zero-order chi connectivity index (χ0) is 13.7. The lowest BCUT2D eigenvalue weighted by Crippen LogP contribution is -2.31. The zero-order valence-electron chi connectivity index (χ0n) is 11.4. The molecule has 0 saturated carbocycles. The molecule has 1 aromatic carbocycles. The standard InChI is InChI=1S/C15H22BrNO2/c1-2-14(13-8-12(16)5-6-15(13)18)17-9-11-4-3-7-19-10-11/h5-6,8,11,14,17-18H,2-4,7,9-10H2,1H3. The lowest BCUT2D eigenvalue weighted by atomic mass is 9.99. The van der Waals surface area contributed by atoms with Gasteiger partial charge in [0.25, 0.3) is 0 Å². The summed E-state index contributed by atoms with van der Waals surface area (Å²) < 4.78 is 6.50. The minimum atomic E-state index is 0.194. The van der Waals surface area contributed by atoms with Gasteiger partial charge in [-0.15, -0.1) is 0 Å². The highest BCUT2D eigenvalue weighted by atomic mass is 79.9. The highest BCUT2D eigenvalue weighted by Crippen LogP contribution is 2.29. The summed E-state index contributed by atoms with van der Waals surface area (Å²) in [7, 11) is 0. The molecule has 1 aliphatic rings. The van der Waals surface area contributed by atoms with Gasteiger partial charge in [-0.1, -0.05) is 22.9 Å². The summed E-state index contributed by atoms with van der Waals surface area (Å²) in [5.74, 6) is 0.958. The Morgan fingerprint density at radius 1 is 1.53 bits per heavy atom. The van der Waals surface area contributed by atoms with Gasteiger partial charge in [-0.25, -0.2) is 0 Å². The van der Waals surface area contributed by atoms with E-state index in [0.29, 0.717) is 11.7 Å². The van der Waals surface area contributed by atoms with Crippen LogP contribution in [-0.2, 0) is 4.74 Å². The fraction of sp³-hybridized carbons (Fsp3) is 0.600. The average molecular weight is 328 g/mol. The lowest BCUT2D eigenvalue weighted by Gasteiger charge is -2.26. The van der Waals surface area contributed by atoms with Crippen LogP contribution < -0.4 is 5.32 Å². The Morgan fingerprint density at radius 2 is 2.37 bits per heavy atom. The summed E-state index contributed by atoms with van der Waals surface area (Å²) in [6, 6.07) is 5.79. The van der Waals surface area contributed by atoms with Gasteiger partial charge in [0.1, 0.15) is 5.75 Å². The topological polar surface area (TPSA) is 41.5 Å². The van der Waals surface area contributed by atoms with Crippen LogP contribution in [0.4, 0.5) is 0 Å². The van der Waals surface area contributed by atoms with Crippen molar-refractivity contribution in [3.8, 4) is 5.75 Å². The highest BCUT2D eigenvalue weighted by molar-refractivity contribution is 9.10. The molecule has 1 heterocycles. The Kier molecular flexibility index (Phi) is 5.67. The second-order valence-electron chi connectivity index (χ2n) is 5.16. The Balaban J connectivity index is 1.97. The van der Waals surface area contributed by atoms with Crippen LogP contribution in [-0.4, -0.2) is 24.9 Å². The van der Waals surface area contributed by atoms with Crippen LogP contribution >= 0.6 is 15.9 Å². The Bertz CT molecular complexity index is 405. The van der Waals surface area contributed by atoms with E-state index in [0.717, 1.165) is 42.6 Å². The van der Waals surface area contributed by atoms with E-state index in [1.807, 2.05) is 12.1 Å². The second kappa shape index (κ2) is 7.27. The molecular weight excluding hydrogens is 306 g/mol. The van der Waals surface area contributed by atoms with Gasteiger partial charge >= 0.3 is 0 Å². The van der Waals surface area contributed by atoms with Crippen molar-refractivity contribution in [1.82, 2.24) is 5.32 Å². The van der Waals surface area contributed by atoms with Gasteiger partial charge in [-0.05, 0) is 43.4 Å². The number of phenols is 1. The van der Waals surface area contributed by atoms with E-state index in [1.54, 1.807) is 6.07 Å². The summed E-state index contributed by atoms with van der Waals surface area (Å²) in [4.78, 5) is 0. The fourth-order valence-electron chi connectivity index (χ4n) is 2.56. The molecule has 0 amide bonds. The Morgan fingerprint density at radius 3 is 3.05 bits per heavy atom. The zero-order valence-corrected chi connectivity index (χ0v) is 12.9. The molecule has 0 radical (unpaired) electrons. The Hall–Kier alpha value is -0.580. The number of phenolic OH excluding ortho intramolecular Hbond substituents is 1. The molecule has 1 fully saturated rings. The van der Waals surface area contributed by atoms with Gasteiger partial charge in [0, 0.05) is 29.2 Å². The van der Waals surface area contributed by atoms with Crippen LogP contribution in [0.1, 0.15) is 37.8 Å². The van der Waals surface area contributed by atoms with Gasteiger partial charge in [-0.3, -0.25) is 0 Å². The number of benzene rings is 1. The predicted octanol–water partition coefficient (Wildman–Crippen LogP) is 3.62. The van der Waals surface area contributed by atoms with Gasteiger partial charge in [-0.2, -0.15) is 0 Å². The monoisotopic (exact) mass is 327 g/mol. The maximum Gasteiger partial charge on any atom is 0.120 e. The third-order valence-corrected chi connectivity index (χ3v) is 4.17. The molecular formula is C15H22BrNO2. The maximum absolute atomic E-state index is 9.99. The number of rotatable bonds is 5. The van der Waals surface area contributed by atoms with Crippen molar-refractivity contribution in [2.45, 2.75) is 32.2 Å². The van der Waals surface area contributed by atoms with Crippen molar-refractivity contribution in [1.29, 1.82) is 0 Å². The van der Waals surface area contributed by atoms with E-state index in [4.69, 9.17) is 4.74 Å². The van der Waals surface area contributed by atoms with Crippen LogP contribution in [0.3, 0.4) is 0 Å². The van der Waals surface area contributed by atoms with Crippen molar-refractivity contribution in [2.24, 2.45) is 5.92 Å². The Labute approximate surface area is 123 Å². The molecule has 1 aliphatic heterocycles. The van der Waals surface area contributed by atoms with Crippen LogP contribution in [0.2, 0.25) is 0 Å². The summed E-state index contributed by atoms with van der Waals surface area (Å²) in [5, 5.41) is 13.6. The van der Waals surface area contributed by atoms with Crippen molar-refractivity contribution in [2.75, 3.05) is 19.8 Å². The first-order valence-corrected chi connectivity index (χ1v) is 7.79. The lowest BCUT2D eigenvalue weighted by molar-refractivity contribution is 0.0537. The summed E-state index contributed by atoms with van der Waals surface area (Å²) in [5.41, 5.74) is 0.966. The van der Waals surface area contributed by atoms with Crippen LogP contribution in [0.25, 0.3) is 0 Å². The highest BCUT2D eigenvalue weighted by Gasteiger charge is 2.18.